The fraction of sp³-hybridized carbons (Fsp3) is 0.100. The maximum atomic E-state index is 5.31. The number of hydrogen-bond acceptors (Lipinski definition) is 9. The number of methoxy groups -OCH3 is 1. The van der Waals surface area contributed by atoms with Gasteiger partial charge in [-0.05, 0) is 23.9 Å². The molecule has 3 rings (SSSR count). The smallest absolute Gasteiger partial charge is 0.322 e. The standard InChI is InChI=1S/C10H10N8OS/c1-19-8-12-7(15-11)13-9(14-8)20-10-17-16-6-4-2-3-5-18(6)10/h2-5H,11H2,1H3,(H,12,13,14,15). The molecule has 0 atom stereocenters. The van der Waals surface area contributed by atoms with E-state index in [0.29, 0.717) is 10.3 Å². The van der Waals surface area contributed by atoms with Crippen LogP contribution in [0.4, 0.5) is 5.95 Å². The van der Waals surface area contributed by atoms with E-state index in [-0.39, 0.29) is 12.0 Å². The Labute approximate surface area is 117 Å². The highest BCUT2D eigenvalue weighted by Crippen LogP contribution is 2.24. The molecular formula is C10H10N8OS. The first-order valence-electron chi connectivity index (χ1n) is 5.54. The number of hydrazine groups is 1. The summed E-state index contributed by atoms with van der Waals surface area (Å²) in [6.07, 6.45) is 1.86. The van der Waals surface area contributed by atoms with Crippen molar-refractivity contribution in [3.63, 3.8) is 0 Å². The van der Waals surface area contributed by atoms with Gasteiger partial charge in [0.1, 0.15) is 0 Å². The third-order valence-electron chi connectivity index (χ3n) is 2.37. The number of nitrogen functional groups attached to an aromatic ring is 1. The van der Waals surface area contributed by atoms with E-state index in [0.717, 1.165) is 5.65 Å². The molecular weight excluding hydrogens is 280 g/mol. The van der Waals surface area contributed by atoms with E-state index in [1.807, 2.05) is 28.8 Å². The lowest BCUT2D eigenvalue weighted by atomic mass is 10.5. The Bertz CT molecular complexity index is 723. The Morgan fingerprint density at radius 2 is 2.15 bits per heavy atom. The largest absolute Gasteiger partial charge is 0.467 e. The summed E-state index contributed by atoms with van der Waals surface area (Å²) in [7, 11) is 1.47. The third kappa shape index (κ3) is 2.33. The fourth-order valence-corrected chi connectivity index (χ4v) is 2.26. The van der Waals surface area contributed by atoms with Crippen LogP contribution in [0, 0.1) is 0 Å². The minimum Gasteiger partial charge on any atom is -0.467 e. The van der Waals surface area contributed by atoms with E-state index in [4.69, 9.17) is 10.6 Å². The van der Waals surface area contributed by atoms with Crippen molar-refractivity contribution in [3.8, 4) is 6.01 Å². The van der Waals surface area contributed by atoms with Gasteiger partial charge in [-0.2, -0.15) is 15.0 Å². The van der Waals surface area contributed by atoms with Gasteiger partial charge in [-0.15, -0.1) is 10.2 Å². The van der Waals surface area contributed by atoms with E-state index < -0.39 is 0 Å². The molecule has 0 radical (unpaired) electrons. The molecule has 10 heteroatoms. The predicted octanol–water partition coefficient (Wildman–Crippen LogP) is 0.360. The summed E-state index contributed by atoms with van der Waals surface area (Å²) in [4.78, 5) is 12.2. The second-order valence-electron chi connectivity index (χ2n) is 3.59. The topological polar surface area (TPSA) is 116 Å². The summed E-state index contributed by atoms with van der Waals surface area (Å²) in [6.45, 7) is 0. The van der Waals surface area contributed by atoms with Crippen molar-refractivity contribution in [2.45, 2.75) is 10.3 Å². The highest BCUT2D eigenvalue weighted by Gasteiger charge is 2.12. The Balaban J connectivity index is 1.98. The van der Waals surface area contributed by atoms with Gasteiger partial charge in [0.2, 0.25) is 16.3 Å². The molecule has 3 N–H and O–H groups in total. The van der Waals surface area contributed by atoms with Crippen molar-refractivity contribution < 1.29 is 4.74 Å². The second kappa shape index (κ2) is 5.27. The molecule has 0 aliphatic rings. The number of anilines is 1. The molecule has 3 heterocycles. The molecule has 102 valence electrons. The second-order valence-corrected chi connectivity index (χ2v) is 4.52. The molecule has 0 bridgehead atoms. The van der Waals surface area contributed by atoms with E-state index in [2.05, 4.69) is 30.6 Å². The third-order valence-corrected chi connectivity index (χ3v) is 3.20. The number of aromatic nitrogens is 6. The molecule has 0 saturated heterocycles. The maximum Gasteiger partial charge on any atom is 0.322 e. The average Bonchev–Trinajstić information content (AvgIpc) is 2.90. The number of pyridine rings is 1. The first-order chi connectivity index (χ1) is 9.80. The van der Waals surface area contributed by atoms with Gasteiger partial charge in [0.15, 0.2) is 5.65 Å². The van der Waals surface area contributed by atoms with Gasteiger partial charge in [0.05, 0.1) is 7.11 Å². The van der Waals surface area contributed by atoms with Gasteiger partial charge in [-0.3, -0.25) is 9.83 Å². The number of hydrogen-bond donors (Lipinski definition) is 2. The average molecular weight is 290 g/mol. The van der Waals surface area contributed by atoms with Gasteiger partial charge in [-0.1, -0.05) is 6.07 Å². The fourth-order valence-electron chi connectivity index (χ4n) is 1.51. The molecule has 0 saturated carbocycles. The summed E-state index contributed by atoms with van der Waals surface area (Å²) >= 11 is 1.23. The Morgan fingerprint density at radius 3 is 2.95 bits per heavy atom. The SMILES string of the molecule is COc1nc(NN)nc(Sc2nnc3ccccn23)n1. The van der Waals surface area contributed by atoms with E-state index >= 15 is 0 Å². The van der Waals surface area contributed by atoms with Crippen LogP contribution in [0.15, 0.2) is 34.7 Å². The predicted molar refractivity (Wildman–Crippen MR) is 71.3 cm³/mol. The monoisotopic (exact) mass is 290 g/mol. The summed E-state index contributed by atoms with van der Waals surface area (Å²) in [5, 5.41) is 9.18. The van der Waals surface area contributed by atoms with E-state index in [1.54, 1.807) is 0 Å². The number of nitrogens with one attached hydrogen (secondary N) is 1. The zero-order valence-electron chi connectivity index (χ0n) is 10.4. The zero-order chi connectivity index (χ0) is 13.9. The molecule has 0 aromatic carbocycles. The van der Waals surface area contributed by atoms with Crippen molar-refractivity contribution in [2.24, 2.45) is 5.84 Å². The Hall–Kier alpha value is -2.46. The first kappa shape index (κ1) is 12.6. The molecule has 0 aliphatic carbocycles. The van der Waals surface area contributed by atoms with Gasteiger partial charge in [0.25, 0.3) is 0 Å². The van der Waals surface area contributed by atoms with Crippen LogP contribution in [-0.4, -0.2) is 36.7 Å². The van der Waals surface area contributed by atoms with Crippen molar-refractivity contribution in [3.05, 3.63) is 24.4 Å². The minimum atomic E-state index is 0.171. The lowest BCUT2D eigenvalue weighted by Gasteiger charge is -2.04. The van der Waals surface area contributed by atoms with Crippen LogP contribution >= 0.6 is 11.8 Å². The van der Waals surface area contributed by atoms with Gasteiger partial charge >= 0.3 is 6.01 Å². The number of fused-ring (bicyclic) bond motifs is 1. The highest BCUT2D eigenvalue weighted by molar-refractivity contribution is 7.99. The highest BCUT2D eigenvalue weighted by atomic mass is 32.2. The van der Waals surface area contributed by atoms with Crippen molar-refractivity contribution in [2.75, 3.05) is 12.5 Å². The first-order valence-corrected chi connectivity index (χ1v) is 6.36. The number of ether oxygens (including phenoxy) is 1. The normalized spacial score (nSPS) is 10.7. The number of nitrogens with zero attached hydrogens (tertiary/aromatic N) is 6. The van der Waals surface area contributed by atoms with Crippen molar-refractivity contribution in [1.82, 2.24) is 29.5 Å². The summed E-state index contributed by atoms with van der Waals surface area (Å²) < 4.78 is 6.82. The van der Waals surface area contributed by atoms with Gasteiger partial charge < -0.3 is 4.74 Å². The summed E-state index contributed by atoms with van der Waals surface area (Å²) in [5.74, 6) is 5.52. The molecule has 0 spiro atoms. The van der Waals surface area contributed by atoms with Crippen LogP contribution < -0.4 is 16.0 Å². The Kier molecular flexibility index (Phi) is 3.31. The zero-order valence-corrected chi connectivity index (χ0v) is 11.2. The van der Waals surface area contributed by atoms with Crippen molar-refractivity contribution >= 4 is 23.4 Å². The van der Waals surface area contributed by atoms with Crippen LogP contribution in [0.5, 0.6) is 6.01 Å². The van der Waals surface area contributed by atoms with Gasteiger partial charge in [-0.25, -0.2) is 5.84 Å². The molecule has 0 fully saturated rings. The lowest BCUT2D eigenvalue weighted by Crippen LogP contribution is -2.12. The van der Waals surface area contributed by atoms with Crippen LogP contribution in [0.3, 0.4) is 0 Å². The molecule has 0 aliphatic heterocycles. The van der Waals surface area contributed by atoms with Gasteiger partial charge in [0, 0.05) is 6.20 Å². The molecule has 0 unspecified atom stereocenters. The Morgan fingerprint density at radius 1 is 1.25 bits per heavy atom. The quantitative estimate of drug-likeness (QED) is 0.518. The minimum absolute atomic E-state index is 0.171. The maximum absolute atomic E-state index is 5.31. The summed E-state index contributed by atoms with van der Waals surface area (Å²) in [6, 6.07) is 5.81. The van der Waals surface area contributed by atoms with Crippen LogP contribution in [0.2, 0.25) is 0 Å². The van der Waals surface area contributed by atoms with Crippen molar-refractivity contribution in [1.29, 1.82) is 0 Å². The molecule has 20 heavy (non-hydrogen) atoms. The molecule has 3 aromatic heterocycles. The lowest BCUT2D eigenvalue weighted by molar-refractivity contribution is 0.373. The molecule has 3 aromatic rings. The number of nitrogens with two attached hydrogens (primary N) is 1. The van der Waals surface area contributed by atoms with Crippen LogP contribution in [0.25, 0.3) is 5.65 Å². The number of rotatable bonds is 4. The molecule has 0 amide bonds. The summed E-state index contributed by atoms with van der Waals surface area (Å²) in [5.41, 5.74) is 3.10. The van der Waals surface area contributed by atoms with E-state index in [9.17, 15) is 0 Å². The van der Waals surface area contributed by atoms with Crippen LogP contribution in [0.1, 0.15) is 0 Å². The molecule has 9 nitrogen and oxygen atoms in total. The van der Waals surface area contributed by atoms with Crippen LogP contribution in [-0.2, 0) is 0 Å². The van der Waals surface area contributed by atoms with E-state index in [1.165, 1.54) is 18.9 Å².